The van der Waals surface area contributed by atoms with Gasteiger partial charge < -0.3 is 10.1 Å². The van der Waals surface area contributed by atoms with Crippen molar-refractivity contribution in [1.82, 2.24) is 5.32 Å². The van der Waals surface area contributed by atoms with Crippen LogP contribution in [0.3, 0.4) is 0 Å². The number of halogens is 1. The molecule has 1 fully saturated rings. The molecule has 1 saturated heterocycles. The van der Waals surface area contributed by atoms with Crippen LogP contribution < -0.4 is 10.1 Å². The third kappa shape index (κ3) is 5.22. The first-order chi connectivity index (χ1) is 12.4. The standard InChI is InChI=1S/C19H20ClNO4S/c20-17-5-1-3-14(9-17)12-25-18-6-2-4-16(10-18)19(22)21-11-15-7-8-26(23,24)13-15/h1-6,9-10,15H,7-8,11-13H2,(H,21,22). The summed E-state index contributed by atoms with van der Waals surface area (Å²) in [6, 6.07) is 14.3. The summed E-state index contributed by atoms with van der Waals surface area (Å²) in [6.07, 6.45) is 0.603. The highest BCUT2D eigenvalue weighted by Gasteiger charge is 2.28. The van der Waals surface area contributed by atoms with E-state index in [0.29, 0.717) is 35.9 Å². The molecule has 1 heterocycles. The number of carbonyl (C=O) groups excluding carboxylic acids is 1. The summed E-state index contributed by atoms with van der Waals surface area (Å²) in [6.45, 7) is 0.719. The first-order valence-electron chi connectivity index (χ1n) is 8.37. The van der Waals surface area contributed by atoms with E-state index in [1.165, 1.54) is 0 Å². The summed E-state index contributed by atoms with van der Waals surface area (Å²) < 4.78 is 28.7. The van der Waals surface area contributed by atoms with Crippen LogP contribution in [0.15, 0.2) is 48.5 Å². The zero-order chi connectivity index (χ0) is 18.6. The molecule has 2 aromatic rings. The van der Waals surface area contributed by atoms with Crippen LogP contribution in [0.5, 0.6) is 5.75 Å². The van der Waals surface area contributed by atoms with Gasteiger partial charge >= 0.3 is 0 Å². The number of amides is 1. The lowest BCUT2D eigenvalue weighted by Crippen LogP contribution is -2.29. The molecule has 0 radical (unpaired) electrons. The van der Waals surface area contributed by atoms with Gasteiger partial charge in [0, 0.05) is 17.1 Å². The Morgan fingerprint density at radius 3 is 2.73 bits per heavy atom. The summed E-state index contributed by atoms with van der Waals surface area (Å²) in [5.74, 6) is 0.700. The first kappa shape index (κ1) is 18.7. The monoisotopic (exact) mass is 393 g/mol. The SMILES string of the molecule is O=C(NCC1CCS(=O)(=O)C1)c1cccc(OCc2cccc(Cl)c2)c1. The van der Waals surface area contributed by atoms with Crippen LogP contribution in [0, 0.1) is 5.92 Å². The molecular formula is C19H20ClNO4S. The van der Waals surface area contributed by atoms with Crippen molar-refractivity contribution >= 4 is 27.3 Å². The fourth-order valence-electron chi connectivity index (χ4n) is 2.89. The predicted molar refractivity (Wildman–Crippen MR) is 101 cm³/mol. The Labute approximate surface area is 158 Å². The van der Waals surface area contributed by atoms with Gasteiger partial charge in [-0.15, -0.1) is 0 Å². The van der Waals surface area contributed by atoms with E-state index in [1.807, 2.05) is 18.2 Å². The zero-order valence-corrected chi connectivity index (χ0v) is 15.7. The van der Waals surface area contributed by atoms with Crippen LogP contribution in [0.2, 0.25) is 5.02 Å². The van der Waals surface area contributed by atoms with E-state index >= 15 is 0 Å². The predicted octanol–water partition coefficient (Wildman–Crippen LogP) is 3.08. The van der Waals surface area contributed by atoms with Gasteiger partial charge in [-0.1, -0.05) is 29.8 Å². The second-order valence-electron chi connectivity index (χ2n) is 6.43. The molecule has 1 aliphatic rings. The summed E-state index contributed by atoms with van der Waals surface area (Å²) in [7, 11) is -2.93. The number of rotatable bonds is 6. The highest BCUT2D eigenvalue weighted by Crippen LogP contribution is 2.19. The number of benzene rings is 2. The fraction of sp³-hybridized carbons (Fsp3) is 0.316. The number of sulfone groups is 1. The Morgan fingerprint density at radius 1 is 1.19 bits per heavy atom. The van der Waals surface area contributed by atoms with E-state index in [9.17, 15) is 13.2 Å². The van der Waals surface area contributed by atoms with Crippen molar-refractivity contribution in [2.45, 2.75) is 13.0 Å². The second kappa shape index (κ2) is 8.10. The highest BCUT2D eigenvalue weighted by molar-refractivity contribution is 7.91. The summed E-state index contributed by atoms with van der Waals surface area (Å²) >= 11 is 5.95. The van der Waals surface area contributed by atoms with E-state index in [4.69, 9.17) is 16.3 Å². The molecule has 0 aromatic heterocycles. The van der Waals surface area contributed by atoms with E-state index < -0.39 is 9.84 Å². The fourth-order valence-corrected chi connectivity index (χ4v) is 4.97. The topological polar surface area (TPSA) is 72.5 Å². The maximum absolute atomic E-state index is 12.3. The number of nitrogens with one attached hydrogen (secondary N) is 1. The Balaban J connectivity index is 1.55. The normalized spacial score (nSPS) is 18.4. The quantitative estimate of drug-likeness (QED) is 0.818. The minimum Gasteiger partial charge on any atom is -0.489 e. The van der Waals surface area contributed by atoms with Crippen molar-refractivity contribution in [3.05, 3.63) is 64.7 Å². The second-order valence-corrected chi connectivity index (χ2v) is 9.09. The van der Waals surface area contributed by atoms with Crippen LogP contribution in [-0.4, -0.2) is 32.4 Å². The van der Waals surface area contributed by atoms with Gasteiger partial charge in [-0.3, -0.25) is 4.79 Å². The zero-order valence-electron chi connectivity index (χ0n) is 14.2. The molecule has 26 heavy (non-hydrogen) atoms. The van der Waals surface area contributed by atoms with Gasteiger partial charge in [-0.05, 0) is 48.2 Å². The smallest absolute Gasteiger partial charge is 0.251 e. The van der Waals surface area contributed by atoms with Crippen molar-refractivity contribution in [3.8, 4) is 5.75 Å². The third-order valence-electron chi connectivity index (χ3n) is 4.27. The van der Waals surface area contributed by atoms with Crippen molar-refractivity contribution in [2.24, 2.45) is 5.92 Å². The maximum atomic E-state index is 12.3. The Morgan fingerprint density at radius 2 is 2.00 bits per heavy atom. The van der Waals surface area contributed by atoms with Crippen LogP contribution in [0.1, 0.15) is 22.3 Å². The molecule has 5 nitrogen and oxygen atoms in total. The number of carbonyl (C=O) groups is 1. The van der Waals surface area contributed by atoms with Crippen LogP contribution in [-0.2, 0) is 16.4 Å². The molecule has 3 rings (SSSR count). The van der Waals surface area contributed by atoms with Gasteiger partial charge in [0.15, 0.2) is 9.84 Å². The van der Waals surface area contributed by atoms with Crippen LogP contribution in [0.4, 0.5) is 0 Å². The third-order valence-corrected chi connectivity index (χ3v) is 6.34. The average Bonchev–Trinajstić information content (AvgIpc) is 2.97. The summed E-state index contributed by atoms with van der Waals surface area (Å²) in [5, 5.41) is 3.46. The molecule has 1 aliphatic heterocycles. The van der Waals surface area contributed by atoms with Crippen LogP contribution >= 0.6 is 11.6 Å². The van der Waals surface area contributed by atoms with E-state index in [1.54, 1.807) is 30.3 Å². The van der Waals surface area contributed by atoms with Crippen molar-refractivity contribution in [2.75, 3.05) is 18.1 Å². The minimum atomic E-state index is -2.93. The van der Waals surface area contributed by atoms with Crippen LogP contribution in [0.25, 0.3) is 0 Å². The number of hydrogen-bond donors (Lipinski definition) is 1. The molecule has 1 amide bonds. The number of ether oxygens (including phenoxy) is 1. The molecule has 0 bridgehead atoms. The van der Waals surface area contributed by atoms with Crippen molar-refractivity contribution < 1.29 is 17.9 Å². The number of hydrogen-bond acceptors (Lipinski definition) is 4. The van der Waals surface area contributed by atoms with Crippen molar-refractivity contribution in [3.63, 3.8) is 0 Å². The van der Waals surface area contributed by atoms with Gasteiger partial charge in [-0.2, -0.15) is 0 Å². The largest absolute Gasteiger partial charge is 0.489 e. The average molecular weight is 394 g/mol. The lowest BCUT2D eigenvalue weighted by molar-refractivity contribution is 0.0948. The summed E-state index contributed by atoms with van der Waals surface area (Å²) in [4.78, 5) is 12.3. The lowest BCUT2D eigenvalue weighted by atomic mass is 10.1. The Hall–Kier alpha value is -2.05. The molecular weight excluding hydrogens is 374 g/mol. The van der Waals surface area contributed by atoms with Gasteiger partial charge in [0.25, 0.3) is 5.91 Å². The lowest BCUT2D eigenvalue weighted by Gasteiger charge is -2.11. The molecule has 138 valence electrons. The highest BCUT2D eigenvalue weighted by atomic mass is 35.5. The van der Waals surface area contributed by atoms with E-state index in [2.05, 4.69) is 5.32 Å². The van der Waals surface area contributed by atoms with Crippen molar-refractivity contribution in [1.29, 1.82) is 0 Å². The van der Waals surface area contributed by atoms with E-state index in [0.717, 1.165) is 5.56 Å². The van der Waals surface area contributed by atoms with Gasteiger partial charge in [0.2, 0.25) is 0 Å². The van der Waals surface area contributed by atoms with E-state index in [-0.39, 0.29) is 23.3 Å². The molecule has 7 heteroatoms. The molecule has 1 unspecified atom stereocenters. The Kier molecular flexibility index (Phi) is 5.84. The first-order valence-corrected chi connectivity index (χ1v) is 10.6. The summed E-state index contributed by atoms with van der Waals surface area (Å²) in [5.41, 5.74) is 1.42. The van der Waals surface area contributed by atoms with Gasteiger partial charge in [0.1, 0.15) is 12.4 Å². The van der Waals surface area contributed by atoms with Gasteiger partial charge in [0.05, 0.1) is 11.5 Å². The maximum Gasteiger partial charge on any atom is 0.251 e. The Bertz CT molecular complexity index is 898. The molecule has 0 aliphatic carbocycles. The molecule has 2 aromatic carbocycles. The molecule has 0 spiro atoms. The molecule has 1 atom stereocenters. The molecule has 0 saturated carbocycles. The van der Waals surface area contributed by atoms with Gasteiger partial charge in [-0.25, -0.2) is 8.42 Å². The molecule has 1 N–H and O–H groups in total. The minimum absolute atomic E-state index is 0.00814.